The Hall–Kier alpha value is -0.610. The van der Waals surface area contributed by atoms with Crippen molar-refractivity contribution in [3.63, 3.8) is 0 Å². The average molecular weight is 189 g/mol. The van der Waals surface area contributed by atoms with Crippen molar-refractivity contribution < 1.29 is 14.6 Å². The fraction of sp³-hybridized carbons (Fsp3) is 0.889. The number of carboxylic acid groups (broad SMARTS) is 1. The number of hydrogen-bond acceptors (Lipinski definition) is 3. The smallest absolute Gasteiger partial charge is 0.334 e. The van der Waals surface area contributed by atoms with Gasteiger partial charge in [-0.15, -0.1) is 0 Å². The van der Waals surface area contributed by atoms with Gasteiger partial charge in [0, 0.05) is 13.2 Å². The molecule has 1 atom stereocenters. The molecule has 0 saturated carbocycles. The Morgan fingerprint density at radius 1 is 1.54 bits per heavy atom. The molecule has 1 N–H and O–H groups in total. The normalized spacial score (nSPS) is 13.2. The highest BCUT2D eigenvalue weighted by Gasteiger charge is 2.18. The molecule has 13 heavy (non-hydrogen) atoms. The largest absolute Gasteiger partial charge is 0.479 e. The van der Waals surface area contributed by atoms with Gasteiger partial charge >= 0.3 is 5.97 Å². The van der Waals surface area contributed by atoms with Crippen molar-refractivity contribution in [3.8, 4) is 0 Å². The number of likely N-dealkylation sites (N-methyl/N-ethyl adjacent to an activating group) is 1. The van der Waals surface area contributed by atoms with Crippen molar-refractivity contribution in [1.29, 1.82) is 0 Å². The van der Waals surface area contributed by atoms with E-state index in [9.17, 15) is 4.79 Å². The number of carbonyl (C=O) groups is 1. The van der Waals surface area contributed by atoms with Gasteiger partial charge in [-0.05, 0) is 26.9 Å². The summed E-state index contributed by atoms with van der Waals surface area (Å²) < 4.78 is 5.08. The molecular formula is C9H19NO3. The van der Waals surface area contributed by atoms with Crippen LogP contribution in [0.1, 0.15) is 20.3 Å². The van der Waals surface area contributed by atoms with E-state index in [0.29, 0.717) is 13.2 Å². The molecule has 0 rings (SSSR count). The monoisotopic (exact) mass is 189 g/mol. The molecule has 0 aromatic rings. The maximum absolute atomic E-state index is 10.7. The van der Waals surface area contributed by atoms with E-state index in [-0.39, 0.29) is 0 Å². The van der Waals surface area contributed by atoms with E-state index in [1.165, 1.54) is 0 Å². The SMILES string of the molecule is CCCN(C)CC(OCC)C(=O)O. The molecule has 0 aliphatic rings. The molecule has 0 bridgehead atoms. The van der Waals surface area contributed by atoms with E-state index in [1.807, 2.05) is 11.9 Å². The second kappa shape index (κ2) is 6.86. The molecule has 4 nitrogen and oxygen atoms in total. The van der Waals surface area contributed by atoms with Gasteiger partial charge in [0.05, 0.1) is 0 Å². The number of hydrogen-bond donors (Lipinski definition) is 1. The van der Waals surface area contributed by atoms with E-state index in [2.05, 4.69) is 6.92 Å². The Bertz CT molecular complexity index is 150. The van der Waals surface area contributed by atoms with Crippen LogP contribution in [0.25, 0.3) is 0 Å². The molecule has 0 saturated heterocycles. The molecule has 0 radical (unpaired) electrons. The van der Waals surface area contributed by atoms with Gasteiger partial charge in [-0.25, -0.2) is 4.79 Å². The van der Waals surface area contributed by atoms with Gasteiger partial charge in [-0.1, -0.05) is 6.92 Å². The average Bonchev–Trinajstić information content (AvgIpc) is 2.04. The zero-order valence-corrected chi connectivity index (χ0v) is 8.62. The van der Waals surface area contributed by atoms with Gasteiger partial charge in [0.25, 0.3) is 0 Å². The fourth-order valence-corrected chi connectivity index (χ4v) is 1.16. The summed E-state index contributed by atoms with van der Waals surface area (Å²) in [6.07, 6.45) is 0.330. The van der Waals surface area contributed by atoms with E-state index in [1.54, 1.807) is 6.92 Å². The van der Waals surface area contributed by atoms with Gasteiger partial charge < -0.3 is 14.7 Å². The van der Waals surface area contributed by atoms with E-state index >= 15 is 0 Å². The highest BCUT2D eigenvalue weighted by atomic mass is 16.5. The first-order valence-corrected chi connectivity index (χ1v) is 4.64. The quantitative estimate of drug-likeness (QED) is 0.644. The Balaban J connectivity index is 3.86. The van der Waals surface area contributed by atoms with E-state index in [4.69, 9.17) is 9.84 Å². The third-order valence-corrected chi connectivity index (χ3v) is 1.73. The lowest BCUT2D eigenvalue weighted by atomic mass is 10.3. The molecule has 78 valence electrons. The van der Waals surface area contributed by atoms with Crippen LogP contribution in [0, 0.1) is 0 Å². The first kappa shape index (κ1) is 12.4. The van der Waals surface area contributed by atoms with Crippen molar-refractivity contribution in [1.82, 2.24) is 4.90 Å². The number of aliphatic carboxylic acids is 1. The van der Waals surface area contributed by atoms with Crippen LogP contribution in [0.2, 0.25) is 0 Å². The standard InChI is InChI=1S/C9H19NO3/c1-4-6-10(3)7-8(9(11)12)13-5-2/h8H,4-7H2,1-3H3,(H,11,12). The molecule has 0 aromatic heterocycles. The van der Waals surface area contributed by atoms with E-state index in [0.717, 1.165) is 13.0 Å². The van der Waals surface area contributed by atoms with Crippen LogP contribution in [0.3, 0.4) is 0 Å². The maximum Gasteiger partial charge on any atom is 0.334 e. The van der Waals surface area contributed by atoms with Crippen molar-refractivity contribution in [2.24, 2.45) is 0 Å². The van der Waals surface area contributed by atoms with Crippen LogP contribution in [0.4, 0.5) is 0 Å². The van der Waals surface area contributed by atoms with Crippen molar-refractivity contribution in [2.45, 2.75) is 26.4 Å². The van der Waals surface area contributed by atoms with Crippen molar-refractivity contribution in [3.05, 3.63) is 0 Å². The van der Waals surface area contributed by atoms with Crippen LogP contribution in [-0.4, -0.2) is 48.8 Å². The molecule has 0 aromatic carbocycles. The summed E-state index contributed by atoms with van der Waals surface area (Å²) >= 11 is 0. The summed E-state index contributed by atoms with van der Waals surface area (Å²) in [7, 11) is 1.90. The Morgan fingerprint density at radius 2 is 2.15 bits per heavy atom. The Labute approximate surface area is 79.5 Å². The molecule has 0 aliphatic heterocycles. The summed E-state index contributed by atoms with van der Waals surface area (Å²) in [6.45, 7) is 5.66. The summed E-state index contributed by atoms with van der Waals surface area (Å²) in [4.78, 5) is 12.6. The van der Waals surface area contributed by atoms with Crippen molar-refractivity contribution >= 4 is 5.97 Å². The fourth-order valence-electron chi connectivity index (χ4n) is 1.16. The molecule has 4 heteroatoms. The van der Waals surface area contributed by atoms with Gasteiger partial charge in [0.15, 0.2) is 6.10 Å². The van der Waals surface area contributed by atoms with Gasteiger partial charge in [-0.2, -0.15) is 0 Å². The number of carboxylic acids is 1. The first-order valence-electron chi connectivity index (χ1n) is 4.64. The van der Waals surface area contributed by atoms with Crippen LogP contribution in [-0.2, 0) is 9.53 Å². The highest BCUT2D eigenvalue weighted by Crippen LogP contribution is 1.97. The highest BCUT2D eigenvalue weighted by molar-refractivity contribution is 5.72. The minimum Gasteiger partial charge on any atom is -0.479 e. The molecule has 0 aliphatic carbocycles. The lowest BCUT2D eigenvalue weighted by molar-refractivity contribution is -0.151. The predicted molar refractivity (Wildman–Crippen MR) is 50.8 cm³/mol. The second-order valence-corrected chi connectivity index (χ2v) is 3.04. The Morgan fingerprint density at radius 3 is 2.54 bits per heavy atom. The molecule has 0 fully saturated rings. The number of ether oxygens (including phenoxy) is 1. The summed E-state index contributed by atoms with van der Waals surface area (Å²) in [5, 5.41) is 8.77. The summed E-state index contributed by atoms with van der Waals surface area (Å²) in [5.74, 6) is -0.884. The predicted octanol–water partition coefficient (Wildman–Crippen LogP) is 0.818. The van der Waals surface area contributed by atoms with Crippen LogP contribution in [0.15, 0.2) is 0 Å². The lowest BCUT2D eigenvalue weighted by Gasteiger charge is -2.20. The first-order chi connectivity index (χ1) is 6.11. The van der Waals surface area contributed by atoms with Crippen LogP contribution >= 0.6 is 0 Å². The third kappa shape index (κ3) is 5.60. The molecule has 0 heterocycles. The van der Waals surface area contributed by atoms with Crippen LogP contribution < -0.4 is 0 Å². The number of nitrogens with zero attached hydrogens (tertiary/aromatic N) is 1. The van der Waals surface area contributed by atoms with E-state index < -0.39 is 12.1 Å². The van der Waals surface area contributed by atoms with Gasteiger partial charge in [0.1, 0.15) is 0 Å². The Kier molecular flexibility index (Phi) is 6.54. The van der Waals surface area contributed by atoms with Gasteiger partial charge in [-0.3, -0.25) is 0 Å². The maximum atomic E-state index is 10.7. The molecule has 0 amide bonds. The molecular weight excluding hydrogens is 170 g/mol. The zero-order valence-electron chi connectivity index (χ0n) is 8.62. The topological polar surface area (TPSA) is 49.8 Å². The summed E-state index contributed by atoms with van der Waals surface area (Å²) in [5.41, 5.74) is 0. The summed E-state index contributed by atoms with van der Waals surface area (Å²) in [6, 6.07) is 0. The van der Waals surface area contributed by atoms with Crippen LogP contribution in [0.5, 0.6) is 0 Å². The second-order valence-electron chi connectivity index (χ2n) is 3.04. The van der Waals surface area contributed by atoms with Crippen molar-refractivity contribution in [2.75, 3.05) is 26.7 Å². The number of rotatable bonds is 7. The van der Waals surface area contributed by atoms with Gasteiger partial charge in [0.2, 0.25) is 0 Å². The minimum absolute atomic E-state index is 0.441. The third-order valence-electron chi connectivity index (χ3n) is 1.73. The minimum atomic E-state index is -0.884. The molecule has 0 spiro atoms. The lowest BCUT2D eigenvalue weighted by Crippen LogP contribution is -2.37. The zero-order chi connectivity index (χ0) is 10.3. The molecule has 1 unspecified atom stereocenters.